The first-order valence-electron chi connectivity index (χ1n) is 9.43. The van der Waals surface area contributed by atoms with Crippen molar-refractivity contribution in [1.29, 1.82) is 0 Å². The molecule has 148 valence electrons. The standard InChI is InChI=1S/C21H31N3O2S/c1-21(2,3)27(25,26)23-17-9-5-8-16-22-18-12-14-20(15-13-18)24-19-10-6-4-7-11-19/h4,6-7,10-15,22-24H,5,8-9,16-17H2,1-3H3. The van der Waals surface area contributed by atoms with E-state index in [1.165, 1.54) is 0 Å². The number of nitrogens with one attached hydrogen (secondary N) is 3. The highest BCUT2D eigenvalue weighted by molar-refractivity contribution is 7.90. The molecule has 0 amide bonds. The van der Waals surface area contributed by atoms with Crippen LogP contribution in [0.5, 0.6) is 0 Å². The minimum absolute atomic E-state index is 0.499. The van der Waals surface area contributed by atoms with Gasteiger partial charge in [0.2, 0.25) is 10.0 Å². The Morgan fingerprint density at radius 3 is 1.93 bits per heavy atom. The number of hydrogen-bond acceptors (Lipinski definition) is 4. The average molecular weight is 390 g/mol. The van der Waals surface area contributed by atoms with Gasteiger partial charge in [-0.2, -0.15) is 0 Å². The van der Waals surface area contributed by atoms with Crippen LogP contribution in [0.4, 0.5) is 17.1 Å². The highest BCUT2D eigenvalue weighted by Crippen LogP contribution is 2.18. The second kappa shape index (κ2) is 9.76. The number of anilines is 3. The van der Waals surface area contributed by atoms with Gasteiger partial charge in [-0.05, 0) is 70.0 Å². The van der Waals surface area contributed by atoms with Gasteiger partial charge in [-0.15, -0.1) is 0 Å². The summed E-state index contributed by atoms with van der Waals surface area (Å²) in [4.78, 5) is 0. The summed E-state index contributed by atoms with van der Waals surface area (Å²) in [5.74, 6) is 0. The van der Waals surface area contributed by atoms with Crippen molar-refractivity contribution < 1.29 is 8.42 Å². The first kappa shape index (κ1) is 21.3. The van der Waals surface area contributed by atoms with Crippen LogP contribution in [-0.4, -0.2) is 26.3 Å². The number of unbranched alkanes of at least 4 members (excludes halogenated alkanes) is 2. The van der Waals surface area contributed by atoms with E-state index in [0.717, 1.165) is 42.9 Å². The monoisotopic (exact) mass is 389 g/mol. The minimum Gasteiger partial charge on any atom is -0.385 e. The van der Waals surface area contributed by atoms with E-state index >= 15 is 0 Å². The predicted molar refractivity (Wildman–Crippen MR) is 115 cm³/mol. The Hall–Kier alpha value is -2.05. The topological polar surface area (TPSA) is 70.2 Å². The summed E-state index contributed by atoms with van der Waals surface area (Å²) in [7, 11) is -3.23. The zero-order chi connectivity index (χ0) is 19.8. The SMILES string of the molecule is CC(C)(C)S(=O)(=O)NCCCCCNc1ccc(Nc2ccccc2)cc1. The van der Waals surface area contributed by atoms with E-state index < -0.39 is 14.8 Å². The van der Waals surface area contributed by atoms with Crippen LogP contribution in [0.1, 0.15) is 40.0 Å². The molecule has 0 spiro atoms. The lowest BCUT2D eigenvalue weighted by atomic mass is 10.2. The molecule has 0 aromatic heterocycles. The van der Waals surface area contributed by atoms with Gasteiger partial charge in [-0.25, -0.2) is 13.1 Å². The van der Waals surface area contributed by atoms with Crippen molar-refractivity contribution >= 4 is 27.1 Å². The van der Waals surface area contributed by atoms with Crippen LogP contribution in [0.2, 0.25) is 0 Å². The van der Waals surface area contributed by atoms with Gasteiger partial charge in [-0.3, -0.25) is 0 Å². The van der Waals surface area contributed by atoms with Gasteiger partial charge in [0, 0.05) is 30.2 Å². The molecular formula is C21H31N3O2S. The zero-order valence-electron chi connectivity index (χ0n) is 16.5. The zero-order valence-corrected chi connectivity index (χ0v) is 17.3. The van der Waals surface area contributed by atoms with Crippen LogP contribution >= 0.6 is 0 Å². The maximum absolute atomic E-state index is 11.9. The molecule has 27 heavy (non-hydrogen) atoms. The molecule has 6 heteroatoms. The fraction of sp³-hybridized carbons (Fsp3) is 0.429. The fourth-order valence-corrected chi connectivity index (χ4v) is 3.29. The van der Waals surface area contributed by atoms with Crippen molar-refractivity contribution in [2.75, 3.05) is 23.7 Å². The third-order valence-corrected chi connectivity index (χ3v) is 6.42. The van der Waals surface area contributed by atoms with Crippen LogP contribution in [0.25, 0.3) is 0 Å². The van der Waals surface area contributed by atoms with Crippen molar-refractivity contribution in [3.8, 4) is 0 Å². The molecule has 0 bridgehead atoms. The van der Waals surface area contributed by atoms with Crippen LogP contribution in [-0.2, 0) is 10.0 Å². The van der Waals surface area contributed by atoms with Crippen LogP contribution < -0.4 is 15.4 Å². The van der Waals surface area contributed by atoms with E-state index in [4.69, 9.17) is 0 Å². The number of para-hydroxylation sites is 1. The average Bonchev–Trinajstić information content (AvgIpc) is 2.62. The van der Waals surface area contributed by atoms with E-state index in [1.54, 1.807) is 20.8 Å². The molecule has 0 aliphatic heterocycles. The van der Waals surface area contributed by atoms with Gasteiger partial charge in [0.05, 0.1) is 4.75 Å². The summed E-state index contributed by atoms with van der Waals surface area (Å²) in [6, 6.07) is 18.3. The molecule has 2 aromatic carbocycles. The van der Waals surface area contributed by atoms with Crippen LogP contribution in [0.15, 0.2) is 54.6 Å². The Kier molecular flexibility index (Phi) is 7.68. The Bertz CT molecular complexity index is 782. The predicted octanol–water partition coefficient (Wildman–Crippen LogP) is 4.73. The summed E-state index contributed by atoms with van der Waals surface area (Å²) < 4.78 is 25.8. The van der Waals surface area contributed by atoms with Gasteiger partial charge in [0.25, 0.3) is 0 Å². The molecule has 3 N–H and O–H groups in total. The molecule has 0 aliphatic carbocycles. The number of hydrogen-bond donors (Lipinski definition) is 3. The fourth-order valence-electron chi connectivity index (χ4n) is 2.44. The highest BCUT2D eigenvalue weighted by Gasteiger charge is 2.27. The lowest BCUT2D eigenvalue weighted by molar-refractivity contribution is 0.540. The van der Waals surface area contributed by atoms with Crippen LogP contribution in [0, 0.1) is 0 Å². The molecule has 5 nitrogen and oxygen atoms in total. The quantitative estimate of drug-likeness (QED) is 0.514. The largest absolute Gasteiger partial charge is 0.385 e. The van der Waals surface area contributed by atoms with Crippen molar-refractivity contribution in [1.82, 2.24) is 4.72 Å². The molecule has 0 atom stereocenters. The summed E-state index contributed by atoms with van der Waals surface area (Å²) in [6.45, 7) is 6.50. The maximum atomic E-state index is 11.9. The van der Waals surface area contributed by atoms with Gasteiger partial charge >= 0.3 is 0 Å². The Morgan fingerprint density at radius 2 is 1.30 bits per heavy atom. The van der Waals surface area contributed by atoms with Crippen molar-refractivity contribution in [3.63, 3.8) is 0 Å². The molecule has 0 heterocycles. The van der Waals surface area contributed by atoms with E-state index in [-0.39, 0.29) is 0 Å². The maximum Gasteiger partial charge on any atom is 0.216 e. The summed E-state index contributed by atoms with van der Waals surface area (Å²) in [5.41, 5.74) is 3.21. The lowest BCUT2D eigenvalue weighted by Crippen LogP contribution is -2.39. The first-order valence-corrected chi connectivity index (χ1v) is 10.9. The van der Waals surface area contributed by atoms with Crippen molar-refractivity contribution in [2.45, 2.75) is 44.8 Å². The highest BCUT2D eigenvalue weighted by atomic mass is 32.2. The summed E-state index contributed by atoms with van der Waals surface area (Å²) >= 11 is 0. The molecule has 0 saturated carbocycles. The molecule has 2 rings (SSSR count). The number of benzene rings is 2. The number of sulfonamides is 1. The molecule has 0 radical (unpaired) electrons. The van der Waals surface area contributed by atoms with Crippen molar-refractivity contribution in [3.05, 3.63) is 54.6 Å². The third kappa shape index (κ3) is 7.23. The molecule has 0 saturated heterocycles. The molecular weight excluding hydrogens is 358 g/mol. The lowest BCUT2D eigenvalue weighted by Gasteiger charge is -2.19. The second-order valence-corrected chi connectivity index (χ2v) is 10.1. The minimum atomic E-state index is -3.23. The Balaban J connectivity index is 1.62. The Morgan fingerprint density at radius 1 is 0.741 bits per heavy atom. The molecule has 2 aromatic rings. The molecule has 0 aliphatic rings. The van der Waals surface area contributed by atoms with Gasteiger partial charge < -0.3 is 10.6 Å². The van der Waals surface area contributed by atoms with E-state index in [1.807, 2.05) is 30.3 Å². The second-order valence-electron chi connectivity index (χ2n) is 7.57. The van der Waals surface area contributed by atoms with E-state index in [9.17, 15) is 8.42 Å². The van der Waals surface area contributed by atoms with Gasteiger partial charge in [0.15, 0.2) is 0 Å². The van der Waals surface area contributed by atoms with Gasteiger partial charge in [-0.1, -0.05) is 24.6 Å². The Labute approximate surface area is 163 Å². The third-order valence-electron chi connectivity index (χ3n) is 4.23. The van der Waals surface area contributed by atoms with E-state index in [0.29, 0.717) is 6.54 Å². The normalized spacial score (nSPS) is 12.0. The van der Waals surface area contributed by atoms with E-state index in [2.05, 4.69) is 39.6 Å². The molecule has 0 fully saturated rings. The van der Waals surface area contributed by atoms with Crippen molar-refractivity contribution in [2.24, 2.45) is 0 Å². The summed E-state index contributed by atoms with van der Waals surface area (Å²) in [5, 5.41) is 6.76. The smallest absolute Gasteiger partial charge is 0.216 e. The summed E-state index contributed by atoms with van der Waals surface area (Å²) in [6.07, 6.45) is 2.82. The molecule has 0 unspecified atom stereocenters. The van der Waals surface area contributed by atoms with Gasteiger partial charge in [0.1, 0.15) is 0 Å². The number of rotatable bonds is 10. The first-order chi connectivity index (χ1) is 12.8. The van der Waals surface area contributed by atoms with Crippen LogP contribution in [0.3, 0.4) is 0 Å².